The van der Waals surface area contributed by atoms with Crippen LogP contribution >= 0.6 is 11.3 Å². The second kappa shape index (κ2) is 8.69. The van der Waals surface area contributed by atoms with Crippen molar-refractivity contribution in [2.75, 3.05) is 6.54 Å². The molecule has 1 aromatic rings. The predicted octanol–water partition coefficient (Wildman–Crippen LogP) is 3.08. The molecule has 0 unspecified atom stereocenters. The number of thiophene rings is 1. The van der Waals surface area contributed by atoms with Crippen molar-refractivity contribution in [2.45, 2.75) is 45.4 Å². The van der Waals surface area contributed by atoms with Gasteiger partial charge in [0.25, 0.3) is 5.91 Å². The van der Waals surface area contributed by atoms with Crippen LogP contribution in [0.3, 0.4) is 0 Å². The van der Waals surface area contributed by atoms with Gasteiger partial charge in [0.1, 0.15) is 0 Å². The first kappa shape index (κ1) is 15.7. The summed E-state index contributed by atoms with van der Waals surface area (Å²) in [6.07, 6.45) is 4.67. The van der Waals surface area contributed by atoms with Crippen molar-refractivity contribution in [3.63, 3.8) is 0 Å². The summed E-state index contributed by atoms with van der Waals surface area (Å²) in [5, 5.41) is 11.4. The van der Waals surface area contributed by atoms with Crippen LogP contribution in [0.4, 0.5) is 0 Å². The number of unbranched alkanes of at least 4 members (excludes halogenated alkanes) is 3. The molecular weight excluding hydrogens is 262 g/mol. The minimum absolute atomic E-state index is 0.00441. The molecule has 0 spiro atoms. The molecule has 0 fully saturated rings. The van der Waals surface area contributed by atoms with Gasteiger partial charge in [-0.3, -0.25) is 9.59 Å². The van der Waals surface area contributed by atoms with Crippen molar-refractivity contribution in [1.82, 2.24) is 5.32 Å². The first-order chi connectivity index (χ1) is 9.13. The van der Waals surface area contributed by atoms with Crippen LogP contribution in [0.25, 0.3) is 0 Å². The fraction of sp³-hybridized carbons (Fsp3) is 0.571. The Morgan fingerprint density at radius 1 is 1.21 bits per heavy atom. The van der Waals surface area contributed by atoms with Crippen molar-refractivity contribution in [3.8, 4) is 0 Å². The number of carbonyl (C=O) groups excluding carboxylic acids is 1. The Kier molecular flexibility index (Phi) is 7.18. The van der Waals surface area contributed by atoms with Crippen molar-refractivity contribution in [3.05, 3.63) is 21.9 Å². The van der Waals surface area contributed by atoms with Gasteiger partial charge in [-0.2, -0.15) is 0 Å². The van der Waals surface area contributed by atoms with E-state index in [4.69, 9.17) is 5.11 Å². The molecule has 0 aliphatic heterocycles. The van der Waals surface area contributed by atoms with Crippen LogP contribution < -0.4 is 5.32 Å². The maximum atomic E-state index is 11.8. The lowest BCUT2D eigenvalue weighted by Crippen LogP contribution is -2.23. The Morgan fingerprint density at radius 2 is 1.95 bits per heavy atom. The molecule has 0 bridgehead atoms. The molecule has 1 heterocycles. The third-order valence-electron chi connectivity index (χ3n) is 2.84. The number of nitrogens with one attached hydrogen (secondary N) is 1. The molecular formula is C14H21NO3S. The Morgan fingerprint density at radius 3 is 2.58 bits per heavy atom. The molecule has 4 nitrogen and oxygen atoms in total. The first-order valence-corrected chi connectivity index (χ1v) is 7.54. The lowest BCUT2D eigenvalue weighted by Gasteiger charge is -2.03. The van der Waals surface area contributed by atoms with Crippen LogP contribution in [0.15, 0.2) is 12.1 Å². The lowest BCUT2D eigenvalue weighted by atomic mass is 10.1. The van der Waals surface area contributed by atoms with Crippen LogP contribution in [-0.2, 0) is 11.2 Å². The Hall–Kier alpha value is -1.36. The van der Waals surface area contributed by atoms with Gasteiger partial charge in [-0.05, 0) is 31.4 Å². The van der Waals surface area contributed by atoms with Crippen LogP contribution in [0, 0.1) is 0 Å². The van der Waals surface area contributed by atoms with E-state index in [0.717, 1.165) is 30.6 Å². The summed E-state index contributed by atoms with van der Waals surface area (Å²) in [5.41, 5.74) is 0. The molecule has 0 saturated carbocycles. The van der Waals surface area contributed by atoms with Crippen molar-refractivity contribution in [1.29, 1.82) is 0 Å². The van der Waals surface area contributed by atoms with Gasteiger partial charge in [0.05, 0.1) is 4.88 Å². The van der Waals surface area contributed by atoms with E-state index < -0.39 is 5.97 Å². The number of amides is 1. The maximum Gasteiger partial charge on any atom is 0.303 e. The van der Waals surface area contributed by atoms with Gasteiger partial charge in [-0.1, -0.05) is 19.8 Å². The van der Waals surface area contributed by atoms with E-state index in [1.54, 1.807) is 0 Å². The van der Waals surface area contributed by atoms with Gasteiger partial charge in [0.15, 0.2) is 0 Å². The van der Waals surface area contributed by atoms with E-state index >= 15 is 0 Å². The molecule has 0 aliphatic rings. The molecule has 0 saturated heterocycles. The summed E-state index contributed by atoms with van der Waals surface area (Å²) < 4.78 is 0. The van der Waals surface area contributed by atoms with Crippen molar-refractivity contribution < 1.29 is 14.7 Å². The topological polar surface area (TPSA) is 66.4 Å². The molecule has 1 rings (SSSR count). The van der Waals surface area contributed by atoms with E-state index in [0.29, 0.717) is 13.0 Å². The van der Waals surface area contributed by atoms with E-state index in [9.17, 15) is 9.59 Å². The molecule has 2 N–H and O–H groups in total. The highest BCUT2D eigenvalue weighted by atomic mass is 32.1. The number of hydrogen-bond donors (Lipinski definition) is 2. The van der Waals surface area contributed by atoms with Crippen LogP contribution in [0.2, 0.25) is 0 Å². The Balaban J connectivity index is 2.09. The standard InChI is InChI=1S/C14H21NO3S/c1-2-11-8-9-12(19-11)14(18)15-10-6-4-3-5-7-13(16)17/h8-9H,2-7,10H2,1H3,(H,15,18)(H,16,17). The zero-order valence-electron chi connectivity index (χ0n) is 11.3. The molecule has 19 heavy (non-hydrogen) atoms. The fourth-order valence-corrected chi connectivity index (χ4v) is 2.60. The first-order valence-electron chi connectivity index (χ1n) is 6.72. The monoisotopic (exact) mass is 283 g/mol. The van der Waals surface area contributed by atoms with Crippen LogP contribution in [0.1, 0.15) is 53.6 Å². The molecule has 0 aromatic carbocycles. The average Bonchev–Trinajstić information content (AvgIpc) is 2.85. The molecule has 0 aliphatic carbocycles. The number of aryl methyl sites for hydroxylation is 1. The smallest absolute Gasteiger partial charge is 0.303 e. The highest BCUT2D eigenvalue weighted by Crippen LogP contribution is 2.16. The van der Waals surface area contributed by atoms with Gasteiger partial charge < -0.3 is 10.4 Å². The quantitative estimate of drug-likeness (QED) is 0.684. The number of carboxylic acid groups (broad SMARTS) is 1. The second-order valence-electron chi connectivity index (χ2n) is 4.43. The highest BCUT2D eigenvalue weighted by molar-refractivity contribution is 7.14. The van der Waals surface area contributed by atoms with Crippen LogP contribution in [-0.4, -0.2) is 23.5 Å². The third kappa shape index (κ3) is 6.38. The number of carboxylic acids is 1. The summed E-state index contributed by atoms with van der Waals surface area (Å²) >= 11 is 1.54. The van der Waals surface area contributed by atoms with Gasteiger partial charge in [-0.25, -0.2) is 0 Å². The van der Waals surface area contributed by atoms with Crippen molar-refractivity contribution >= 4 is 23.2 Å². The number of aliphatic carboxylic acids is 1. The van der Waals surface area contributed by atoms with Gasteiger partial charge in [0, 0.05) is 17.8 Å². The molecule has 106 valence electrons. The molecule has 5 heteroatoms. The normalized spacial score (nSPS) is 10.4. The summed E-state index contributed by atoms with van der Waals surface area (Å²) in [5.74, 6) is -0.743. The lowest BCUT2D eigenvalue weighted by molar-refractivity contribution is -0.137. The molecule has 0 radical (unpaired) electrons. The molecule has 0 atom stereocenters. The summed E-state index contributed by atoms with van der Waals surface area (Å²) in [6, 6.07) is 3.86. The SMILES string of the molecule is CCc1ccc(C(=O)NCCCCCCC(=O)O)s1. The summed E-state index contributed by atoms with van der Waals surface area (Å²) in [6.45, 7) is 2.73. The van der Waals surface area contributed by atoms with E-state index in [1.807, 2.05) is 12.1 Å². The van der Waals surface area contributed by atoms with Crippen LogP contribution in [0.5, 0.6) is 0 Å². The Labute approximate surface area is 117 Å². The zero-order valence-corrected chi connectivity index (χ0v) is 12.1. The highest BCUT2D eigenvalue weighted by Gasteiger charge is 2.07. The summed E-state index contributed by atoms with van der Waals surface area (Å²) in [7, 11) is 0. The number of hydrogen-bond acceptors (Lipinski definition) is 3. The zero-order chi connectivity index (χ0) is 14.1. The predicted molar refractivity (Wildman–Crippen MR) is 76.8 cm³/mol. The number of carbonyl (C=O) groups is 2. The third-order valence-corrected chi connectivity index (χ3v) is 4.07. The fourth-order valence-electron chi connectivity index (χ4n) is 1.73. The largest absolute Gasteiger partial charge is 0.481 e. The maximum absolute atomic E-state index is 11.8. The molecule has 1 amide bonds. The minimum Gasteiger partial charge on any atom is -0.481 e. The van der Waals surface area contributed by atoms with Crippen molar-refractivity contribution in [2.24, 2.45) is 0 Å². The van der Waals surface area contributed by atoms with Gasteiger partial charge in [0.2, 0.25) is 0 Å². The van der Waals surface area contributed by atoms with Gasteiger partial charge >= 0.3 is 5.97 Å². The van der Waals surface area contributed by atoms with E-state index in [-0.39, 0.29) is 12.3 Å². The molecule has 1 aromatic heterocycles. The minimum atomic E-state index is -0.738. The number of rotatable bonds is 9. The second-order valence-corrected chi connectivity index (χ2v) is 5.60. The Bertz CT molecular complexity index is 415. The average molecular weight is 283 g/mol. The van der Waals surface area contributed by atoms with E-state index in [1.165, 1.54) is 16.2 Å². The summed E-state index contributed by atoms with van der Waals surface area (Å²) in [4.78, 5) is 24.1. The van der Waals surface area contributed by atoms with Gasteiger partial charge in [-0.15, -0.1) is 11.3 Å². The van der Waals surface area contributed by atoms with E-state index in [2.05, 4.69) is 12.2 Å².